The van der Waals surface area contributed by atoms with Crippen LogP contribution in [0.3, 0.4) is 0 Å². The van der Waals surface area contributed by atoms with Crippen LogP contribution in [0.1, 0.15) is 15.9 Å². The highest BCUT2D eigenvalue weighted by Crippen LogP contribution is 2.32. The Morgan fingerprint density at radius 1 is 0.920 bits per heavy atom. The quantitative estimate of drug-likeness (QED) is 0.556. The second-order valence-electron chi connectivity index (χ2n) is 5.67. The lowest BCUT2D eigenvalue weighted by molar-refractivity contribution is 0.103. The van der Waals surface area contributed by atoms with Crippen molar-refractivity contribution in [1.29, 1.82) is 0 Å². The molecule has 0 aliphatic rings. The Hall–Kier alpha value is -3.11. The highest BCUT2D eigenvalue weighted by atomic mass is 35.5. The van der Waals surface area contributed by atoms with Crippen LogP contribution in [0.15, 0.2) is 72.9 Å². The number of carbonyl (C=O) groups is 1. The first kappa shape index (κ1) is 15.4. The molecule has 0 aliphatic heterocycles. The molecule has 0 atom stereocenters. The van der Waals surface area contributed by atoms with Gasteiger partial charge in [-0.1, -0.05) is 60.1 Å². The maximum atomic E-state index is 12.7. The van der Waals surface area contributed by atoms with Gasteiger partial charge in [0.2, 0.25) is 0 Å². The number of carbonyl (C=O) groups excluding carboxylic acids is 1. The van der Waals surface area contributed by atoms with Crippen LogP contribution in [0.5, 0.6) is 0 Å². The van der Waals surface area contributed by atoms with Crippen LogP contribution in [0, 0.1) is 0 Å². The van der Waals surface area contributed by atoms with Crippen molar-refractivity contribution in [1.82, 2.24) is 9.38 Å². The van der Waals surface area contributed by atoms with Crippen molar-refractivity contribution in [3.8, 4) is 11.3 Å². The first-order valence-electron chi connectivity index (χ1n) is 7.77. The van der Waals surface area contributed by atoms with Crippen molar-refractivity contribution in [2.75, 3.05) is 5.73 Å². The van der Waals surface area contributed by atoms with E-state index in [9.17, 15) is 4.79 Å². The molecule has 2 aromatic heterocycles. The van der Waals surface area contributed by atoms with E-state index in [1.54, 1.807) is 36.5 Å². The molecule has 0 bridgehead atoms. The van der Waals surface area contributed by atoms with Crippen molar-refractivity contribution in [2.45, 2.75) is 0 Å². The molecule has 4 rings (SSSR count). The van der Waals surface area contributed by atoms with E-state index in [1.165, 1.54) is 0 Å². The first-order chi connectivity index (χ1) is 12.1. The van der Waals surface area contributed by atoms with Gasteiger partial charge in [-0.15, -0.1) is 0 Å². The third-order valence-electron chi connectivity index (χ3n) is 4.07. The van der Waals surface area contributed by atoms with E-state index in [0.29, 0.717) is 33.3 Å². The fourth-order valence-electron chi connectivity index (χ4n) is 2.87. The van der Waals surface area contributed by atoms with Crippen molar-refractivity contribution in [3.05, 3.63) is 89.1 Å². The lowest BCUT2D eigenvalue weighted by atomic mass is 10.1. The van der Waals surface area contributed by atoms with Crippen LogP contribution in [0.2, 0.25) is 5.02 Å². The number of nitrogen functional groups attached to an aromatic ring is 1. The summed E-state index contributed by atoms with van der Waals surface area (Å²) < 4.78 is 1.81. The molecular formula is C20H14ClN3O. The van der Waals surface area contributed by atoms with Gasteiger partial charge in [0.25, 0.3) is 0 Å². The Morgan fingerprint density at radius 2 is 1.64 bits per heavy atom. The number of aromatic nitrogens is 2. The van der Waals surface area contributed by atoms with Gasteiger partial charge in [-0.3, -0.25) is 9.20 Å². The van der Waals surface area contributed by atoms with E-state index >= 15 is 0 Å². The standard InChI is InChI=1S/C20H14ClN3O/c21-16-9-5-4-8-15(16)18-20(22)23-17-11-10-14(12-24(17)18)19(25)13-6-2-1-3-7-13/h1-12H,22H2. The molecule has 0 unspecified atom stereocenters. The van der Waals surface area contributed by atoms with Crippen LogP contribution >= 0.6 is 11.6 Å². The van der Waals surface area contributed by atoms with Gasteiger partial charge < -0.3 is 5.73 Å². The van der Waals surface area contributed by atoms with Gasteiger partial charge in [0.1, 0.15) is 5.65 Å². The van der Waals surface area contributed by atoms with Gasteiger partial charge >= 0.3 is 0 Å². The molecule has 2 N–H and O–H groups in total. The van der Waals surface area contributed by atoms with E-state index in [2.05, 4.69) is 4.98 Å². The van der Waals surface area contributed by atoms with E-state index in [0.717, 1.165) is 5.56 Å². The molecule has 0 saturated heterocycles. The topological polar surface area (TPSA) is 60.4 Å². The summed E-state index contributed by atoms with van der Waals surface area (Å²) in [5.74, 6) is 0.317. The summed E-state index contributed by atoms with van der Waals surface area (Å²) >= 11 is 6.32. The highest BCUT2D eigenvalue weighted by molar-refractivity contribution is 6.33. The number of nitrogens with two attached hydrogens (primary N) is 1. The molecule has 2 heterocycles. The SMILES string of the molecule is Nc1nc2ccc(C(=O)c3ccccc3)cn2c1-c1ccccc1Cl. The highest BCUT2D eigenvalue weighted by Gasteiger charge is 2.16. The zero-order chi connectivity index (χ0) is 17.4. The minimum absolute atomic E-state index is 0.0557. The van der Waals surface area contributed by atoms with Crippen molar-refractivity contribution in [3.63, 3.8) is 0 Å². The van der Waals surface area contributed by atoms with Crippen molar-refractivity contribution in [2.24, 2.45) is 0 Å². The van der Waals surface area contributed by atoms with E-state index in [1.807, 2.05) is 40.8 Å². The normalized spacial score (nSPS) is 10.9. The molecule has 0 saturated carbocycles. The summed E-state index contributed by atoms with van der Waals surface area (Å²) in [5, 5.41) is 0.579. The molecular weight excluding hydrogens is 334 g/mol. The average molecular weight is 348 g/mol. The second kappa shape index (κ2) is 6.07. The molecule has 0 spiro atoms. The third kappa shape index (κ3) is 2.66. The number of pyridine rings is 1. The number of rotatable bonds is 3. The monoisotopic (exact) mass is 347 g/mol. The summed E-state index contributed by atoms with van der Waals surface area (Å²) in [7, 11) is 0. The van der Waals surface area contributed by atoms with Crippen LogP contribution in [0.25, 0.3) is 16.9 Å². The summed E-state index contributed by atoms with van der Waals surface area (Å²) in [4.78, 5) is 17.1. The molecule has 0 aliphatic carbocycles. The number of nitrogens with zero attached hydrogens (tertiary/aromatic N) is 2. The number of ketones is 1. The predicted octanol–water partition coefficient (Wildman–Crippen LogP) is 4.47. The van der Waals surface area contributed by atoms with E-state index in [4.69, 9.17) is 17.3 Å². The van der Waals surface area contributed by atoms with E-state index in [-0.39, 0.29) is 5.78 Å². The van der Waals surface area contributed by atoms with Gasteiger partial charge in [-0.05, 0) is 18.2 Å². The summed E-state index contributed by atoms with van der Waals surface area (Å²) in [6, 6.07) is 20.1. The van der Waals surface area contributed by atoms with Crippen LogP contribution in [-0.4, -0.2) is 15.2 Å². The van der Waals surface area contributed by atoms with Gasteiger partial charge in [0, 0.05) is 22.9 Å². The maximum Gasteiger partial charge on any atom is 0.194 e. The molecule has 0 amide bonds. The molecule has 4 aromatic rings. The van der Waals surface area contributed by atoms with Crippen LogP contribution < -0.4 is 5.73 Å². The maximum absolute atomic E-state index is 12.7. The van der Waals surface area contributed by atoms with Crippen LogP contribution in [-0.2, 0) is 0 Å². The number of hydrogen-bond donors (Lipinski definition) is 1. The fourth-order valence-corrected chi connectivity index (χ4v) is 3.10. The number of fused-ring (bicyclic) bond motifs is 1. The van der Waals surface area contributed by atoms with Gasteiger partial charge in [0.15, 0.2) is 11.6 Å². The fraction of sp³-hybridized carbons (Fsp3) is 0. The largest absolute Gasteiger partial charge is 0.382 e. The Kier molecular flexibility index (Phi) is 3.75. The van der Waals surface area contributed by atoms with Crippen molar-refractivity contribution >= 4 is 28.8 Å². The molecule has 0 radical (unpaired) electrons. The zero-order valence-electron chi connectivity index (χ0n) is 13.2. The van der Waals surface area contributed by atoms with E-state index < -0.39 is 0 Å². The summed E-state index contributed by atoms with van der Waals surface area (Å²) in [5.41, 5.74) is 9.43. The zero-order valence-corrected chi connectivity index (χ0v) is 13.9. The summed E-state index contributed by atoms with van der Waals surface area (Å²) in [6.45, 7) is 0. The van der Waals surface area contributed by atoms with Crippen LogP contribution in [0.4, 0.5) is 5.82 Å². The Labute approximate surface area is 149 Å². The minimum Gasteiger partial charge on any atom is -0.382 e. The lowest BCUT2D eigenvalue weighted by Gasteiger charge is -2.07. The number of halogens is 1. The number of imidazole rings is 1. The lowest BCUT2D eigenvalue weighted by Crippen LogP contribution is -2.03. The number of benzene rings is 2. The molecule has 25 heavy (non-hydrogen) atoms. The summed E-state index contributed by atoms with van der Waals surface area (Å²) in [6.07, 6.45) is 1.76. The van der Waals surface area contributed by atoms with Gasteiger partial charge in [-0.25, -0.2) is 4.98 Å². The van der Waals surface area contributed by atoms with Crippen molar-refractivity contribution < 1.29 is 4.79 Å². The third-order valence-corrected chi connectivity index (χ3v) is 4.40. The molecule has 4 nitrogen and oxygen atoms in total. The number of anilines is 1. The average Bonchev–Trinajstić information content (AvgIpc) is 2.97. The second-order valence-corrected chi connectivity index (χ2v) is 6.07. The minimum atomic E-state index is -0.0557. The Morgan fingerprint density at radius 3 is 2.40 bits per heavy atom. The first-order valence-corrected chi connectivity index (χ1v) is 8.15. The molecule has 5 heteroatoms. The predicted molar refractivity (Wildman–Crippen MR) is 99.9 cm³/mol. The molecule has 0 fully saturated rings. The molecule has 122 valence electrons. The smallest absolute Gasteiger partial charge is 0.194 e. The Balaban J connectivity index is 1.90. The van der Waals surface area contributed by atoms with Gasteiger partial charge in [0.05, 0.1) is 10.7 Å². The van der Waals surface area contributed by atoms with Gasteiger partial charge in [-0.2, -0.15) is 0 Å². The molecule has 2 aromatic carbocycles. The number of hydrogen-bond acceptors (Lipinski definition) is 3. The Bertz CT molecular complexity index is 1090.